The number of hydrogen-bond acceptors (Lipinski definition) is 4. The fourth-order valence-corrected chi connectivity index (χ4v) is 3.36. The molecule has 126 valence electrons. The van der Waals surface area contributed by atoms with E-state index in [0.717, 1.165) is 31.5 Å². The number of carbonyl (C=O) groups excluding carboxylic acids is 1. The molecule has 0 radical (unpaired) electrons. The normalized spacial score (nSPS) is 23.6. The topological polar surface area (TPSA) is 50.8 Å². The highest BCUT2D eigenvalue weighted by atomic mass is 16.7. The number of amides is 1. The predicted octanol–water partition coefficient (Wildman–Crippen LogP) is 2.09. The van der Waals surface area contributed by atoms with E-state index < -0.39 is 0 Å². The van der Waals surface area contributed by atoms with Crippen LogP contribution in [0.2, 0.25) is 0 Å². The Bertz CT molecular complexity index is 518. The van der Waals surface area contributed by atoms with Crippen LogP contribution in [0.4, 0.5) is 0 Å². The minimum absolute atomic E-state index is 0.0174. The Hall–Kier alpha value is -1.43. The Morgan fingerprint density at radius 3 is 2.35 bits per heavy atom. The van der Waals surface area contributed by atoms with Crippen LogP contribution in [0.3, 0.4) is 0 Å². The molecule has 2 atom stereocenters. The zero-order chi connectivity index (χ0) is 16.3. The Morgan fingerprint density at radius 1 is 1.13 bits per heavy atom. The quantitative estimate of drug-likeness (QED) is 0.923. The molecule has 1 N–H and O–H groups in total. The summed E-state index contributed by atoms with van der Waals surface area (Å²) in [5, 5.41) is 3.11. The van der Waals surface area contributed by atoms with Crippen molar-refractivity contribution in [3.05, 3.63) is 35.9 Å². The van der Waals surface area contributed by atoms with Crippen LogP contribution in [0.1, 0.15) is 38.3 Å². The highest BCUT2D eigenvalue weighted by Gasteiger charge is 2.41. The summed E-state index contributed by atoms with van der Waals surface area (Å²) >= 11 is 0. The molecular formula is C18H26N2O3. The fourth-order valence-electron chi connectivity index (χ4n) is 3.36. The molecule has 0 aliphatic carbocycles. The molecule has 1 aromatic rings. The van der Waals surface area contributed by atoms with Gasteiger partial charge in [-0.25, -0.2) is 0 Å². The molecule has 5 heteroatoms. The lowest BCUT2D eigenvalue weighted by molar-refractivity contribution is -0.188. The lowest BCUT2D eigenvalue weighted by Gasteiger charge is -2.39. The summed E-state index contributed by atoms with van der Waals surface area (Å²) in [5.41, 5.74) is 1.12. The molecule has 2 heterocycles. The first-order chi connectivity index (χ1) is 11.1. The smallest absolute Gasteiger partial charge is 0.237 e. The average molecular weight is 318 g/mol. The van der Waals surface area contributed by atoms with E-state index in [9.17, 15) is 4.79 Å². The summed E-state index contributed by atoms with van der Waals surface area (Å²) in [6, 6.07) is 9.92. The number of carbonyl (C=O) groups is 1. The molecular weight excluding hydrogens is 292 g/mol. The first-order valence-electron chi connectivity index (χ1n) is 8.47. The number of likely N-dealkylation sites (tertiary alicyclic amines) is 1. The molecule has 2 aliphatic rings. The highest BCUT2D eigenvalue weighted by Crippen LogP contribution is 2.31. The van der Waals surface area contributed by atoms with Crippen LogP contribution in [-0.4, -0.2) is 48.9 Å². The molecule has 1 amide bonds. The monoisotopic (exact) mass is 318 g/mol. The van der Waals surface area contributed by atoms with Gasteiger partial charge in [-0.3, -0.25) is 9.69 Å². The van der Waals surface area contributed by atoms with Crippen molar-refractivity contribution in [3.63, 3.8) is 0 Å². The summed E-state index contributed by atoms with van der Waals surface area (Å²) < 4.78 is 11.5. The summed E-state index contributed by atoms with van der Waals surface area (Å²) in [6.45, 7) is 7.02. The lowest BCUT2D eigenvalue weighted by Crippen LogP contribution is -2.52. The minimum Gasteiger partial charge on any atom is -0.348 e. The van der Waals surface area contributed by atoms with E-state index in [1.54, 1.807) is 0 Å². The molecule has 1 spiro atoms. The molecule has 0 bridgehead atoms. The van der Waals surface area contributed by atoms with Gasteiger partial charge in [0, 0.05) is 25.9 Å². The van der Waals surface area contributed by atoms with Crippen molar-refractivity contribution >= 4 is 5.91 Å². The fraction of sp³-hybridized carbons (Fsp3) is 0.611. The summed E-state index contributed by atoms with van der Waals surface area (Å²) in [4.78, 5) is 14.7. The van der Waals surface area contributed by atoms with E-state index in [1.807, 2.05) is 44.2 Å². The Kier molecular flexibility index (Phi) is 4.99. The molecule has 23 heavy (non-hydrogen) atoms. The second-order valence-electron chi connectivity index (χ2n) is 6.46. The van der Waals surface area contributed by atoms with E-state index in [2.05, 4.69) is 10.2 Å². The number of rotatable bonds is 4. The van der Waals surface area contributed by atoms with Crippen molar-refractivity contribution in [2.75, 3.05) is 26.3 Å². The van der Waals surface area contributed by atoms with Gasteiger partial charge in [-0.2, -0.15) is 0 Å². The van der Waals surface area contributed by atoms with Gasteiger partial charge in [0.15, 0.2) is 5.79 Å². The SMILES string of the molecule is CC(NC(=O)C(C)N1CCC2(CC1)OCCO2)c1ccccc1. The number of nitrogens with one attached hydrogen (secondary N) is 1. The zero-order valence-electron chi connectivity index (χ0n) is 14.0. The van der Waals surface area contributed by atoms with E-state index in [0.29, 0.717) is 13.2 Å². The van der Waals surface area contributed by atoms with Crippen LogP contribution in [0.5, 0.6) is 0 Å². The number of benzene rings is 1. The van der Waals surface area contributed by atoms with Crippen molar-refractivity contribution < 1.29 is 14.3 Å². The number of ether oxygens (including phenoxy) is 2. The summed E-state index contributed by atoms with van der Waals surface area (Å²) in [5.74, 6) is -0.310. The average Bonchev–Trinajstić information content (AvgIpc) is 3.03. The lowest BCUT2D eigenvalue weighted by atomic mass is 10.0. The van der Waals surface area contributed by atoms with Gasteiger partial charge in [-0.1, -0.05) is 30.3 Å². The summed E-state index contributed by atoms with van der Waals surface area (Å²) in [7, 11) is 0. The van der Waals surface area contributed by atoms with Crippen LogP contribution in [-0.2, 0) is 14.3 Å². The Labute approximate surface area is 137 Å². The van der Waals surface area contributed by atoms with Gasteiger partial charge in [-0.05, 0) is 19.4 Å². The van der Waals surface area contributed by atoms with E-state index in [-0.39, 0.29) is 23.8 Å². The molecule has 2 unspecified atom stereocenters. The van der Waals surface area contributed by atoms with E-state index in [4.69, 9.17) is 9.47 Å². The largest absolute Gasteiger partial charge is 0.348 e. The predicted molar refractivity (Wildman–Crippen MR) is 87.9 cm³/mol. The number of piperidine rings is 1. The first-order valence-corrected chi connectivity index (χ1v) is 8.47. The molecule has 0 saturated carbocycles. The van der Waals surface area contributed by atoms with Gasteiger partial charge >= 0.3 is 0 Å². The highest BCUT2D eigenvalue weighted by molar-refractivity contribution is 5.81. The van der Waals surface area contributed by atoms with Crippen molar-refractivity contribution in [2.24, 2.45) is 0 Å². The van der Waals surface area contributed by atoms with Crippen molar-refractivity contribution in [2.45, 2.75) is 44.6 Å². The van der Waals surface area contributed by atoms with Crippen LogP contribution in [0, 0.1) is 0 Å². The van der Waals surface area contributed by atoms with Crippen molar-refractivity contribution in [3.8, 4) is 0 Å². The third kappa shape index (κ3) is 3.74. The third-order valence-electron chi connectivity index (χ3n) is 4.96. The first kappa shape index (κ1) is 16.4. The number of hydrogen-bond donors (Lipinski definition) is 1. The van der Waals surface area contributed by atoms with Crippen molar-refractivity contribution in [1.82, 2.24) is 10.2 Å². The molecule has 3 rings (SSSR count). The van der Waals surface area contributed by atoms with Crippen LogP contribution >= 0.6 is 0 Å². The van der Waals surface area contributed by atoms with Gasteiger partial charge in [0.1, 0.15) is 0 Å². The standard InChI is InChI=1S/C18H26N2O3/c1-14(16-6-4-3-5-7-16)19-17(21)15(2)20-10-8-18(9-11-20)22-12-13-23-18/h3-7,14-15H,8-13H2,1-2H3,(H,19,21). The van der Waals surface area contributed by atoms with Gasteiger partial charge < -0.3 is 14.8 Å². The maximum absolute atomic E-state index is 12.5. The molecule has 2 saturated heterocycles. The van der Waals surface area contributed by atoms with Gasteiger partial charge in [0.2, 0.25) is 5.91 Å². The molecule has 0 aromatic heterocycles. The molecule has 2 aliphatic heterocycles. The Morgan fingerprint density at radius 2 is 1.74 bits per heavy atom. The summed E-state index contributed by atoms with van der Waals surface area (Å²) in [6.07, 6.45) is 1.66. The van der Waals surface area contributed by atoms with E-state index in [1.165, 1.54) is 0 Å². The maximum Gasteiger partial charge on any atom is 0.237 e. The van der Waals surface area contributed by atoms with Gasteiger partial charge in [0.05, 0.1) is 25.3 Å². The molecule has 5 nitrogen and oxygen atoms in total. The van der Waals surface area contributed by atoms with E-state index >= 15 is 0 Å². The third-order valence-corrected chi connectivity index (χ3v) is 4.96. The maximum atomic E-state index is 12.5. The zero-order valence-corrected chi connectivity index (χ0v) is 14.0. The molecule has 1 aromatic carbocycles. The van der Waals surface area contributed by atoms with Gasteiger partial charge in [0.25, 0.3) is 0 Å². The van der Waals surface area contributed by atoms with Gasteiger partial charge in [-0.15, -0.1) is 0 Å². The van der Waals surface area contributed by atoms with Crippen LogP contribution < -0.4 is 5.32 Å². The second kappa shape index (κ2) is 6.99. The second-order valence-corrected chi connectivity index (χ2v) is 6.46. The van der Waals surface area contributed by atoms with Crippen LogP contribution in [0.25, 0.3) is 0 Å². The van der Waals surface area contributed by atoms with Crippen LogP contribution in [0.15, 0.2) is 30.3 Å². The number of nitrogens with zero attached hydrogens (tertiary/aromatic N) is 1. The minimum atomic E-state index is -0.385. The molecule has 2 fully saturated rings. The Balaban J connectivity index is 1.52. The van der Waals surface area contributed by atoms with Crippen molar-refractivity contribution in [1.29, 1.82) is 0 Å².